The highest BCUT2D eigenvalue weighted by atomic mass is 32.1. The molecule has 39 heavy (non-hydrogen) atoms. The van der Waals surface area contributed by atoms with Crippen LogP contribution in [-0.2, 0) is 9.53 Å². The van der Waals surface area contributed by atoms with E-state index in [2.05, 4.69) is 16.3 Å². The molecule has 208 valence electrons. The zero-order valence-electron chi connectivity index (χ0n) is 23.2. The largest absolute Gasteiger partial charge is 0.492 e. The number of benzene rings is 1. The molecule has 4 heterocycles. The van der Waals surface area contributed by atoms with Gasteiger partial charge in [0.1, 0.15) is 18.0 Å². The average Bonchev–Trinajstić information content (AvgIpc) is 3.51. The molecule has 0 aliphatic carbocycles. The van der Waals surface area contributed by atoms with E-state index in [1.807, 2.05) is 51.1 Å². The number of hydrogen-bond acceptors (Lipinski definition) is 8. The van der Waals surface area contributed by atoms with Crippen LogP contribution >= 0.6 is 11.3 Å². The van der Waals surface area contributed by atoms with Gasteiger partial charge in [0.05, 0.1) is 35.3 Å². The maximum atomic E-state index is 12.1. The van der Waals surface area contributed by atoms with Crippen LogP contribution in [-0.4, -0.2) is 74.4 Å². The third-order valence-corrected chi connectivity index (χ3v) is 8.22. The zero-order chi connectivity index (χ0) is 27.7. The SMILES string of the molecule is COc1cc2nc(-c3ccc(OCCN(C)C(=O)OC(C)(C)C)cc3)cc(N3CC4CNC(=O)CC4C3)c2s1. The van der Waals surface area contributed by atoms with Crippen LogP contribution in [0.4, 0.5) is 10.5 Å². The van der Waals surface area contributed by atoms with E-state index in [0.29, 0.717) is 31.4 Å². The number of carbonyl (C=O) groups is 2. The summed E-state index contributed by atoms with van der Waals surface area (Å²) in [7, 11) is 3.38. The highest BCUT2D eigenvalue weighted by Gasteiger charge is 2.38. The van der Waals surface area contributed by atoms with Crippen LogP contribution in [0.1, 0.15) is 27.2 Å². The van der Waals surface area contributed by atoms with E-state index in [-0.39, 0.29) is 12.0 Å². The van der Waals surface area contributed by atoms with E-state index >= 15 is 0 Å². The fourth-order valence-electron chi connectivity index (χ4n) is 5.07. The van der Waals surface area contributed by atoms with Crippen LogP contribution in [0.3, 0.4) is 0 Å². The van der Waals surface area contributed by atoms with Crippen molar-refractivity contribution in [2.24, 2.45) is 11.8 Å². The molecule has 0 spiro atoms. The molecule has 2 aliphatic heterocycles. The standard InChI is InChI=1S/C29H36N4O5S/c1-29(2,3)38-28(35)32(4)10-11-37-21-8-6-18(7-9-21)22-13-24(27-23(31-22)14-26(36-5)39-27)33-16-19-12-25(34)30-15-20(19)17-33/h6-9,13-14,19-20H,10-12,15-17H2,1-5H3,(H,30,34). The van der Waals surface area contributed by atoms with Crippen molar-refractivity contribution in [3.05, 3.63) is 36.4 Å². The summed E-state index contributed by atoms with van der Waals surface area (Å²) in [6, 6.07) is 12.0. The van der Waals surface area contributed by atoms with Gasteiger partial charge in [-0.1, -0.05) is 11.3 Å². The highest BCUT2D eigenvalue weighted by molar-refractivity contribution is 7.21. The number of nitrogens with one attached hydrogen (secondary N) is 1. The topological polar surface area (TPSA) is 93.2 Å². The molecule has 0 saturated carbocycles. The summed E-state index contributed by atoms with van der Waals surface area (Å²) in [4.78, 5) is 33.0. The quantitative estimate of drug-likeness (QED) is 0.451. The number of hydrogen-bond donors (Lipinski definition) is 1. The number of thiophene rings is 1. The lowest BCUT2D eigenvalue weighted by molar-refractivity contribution is -0.124. The lowest BCUT2D eigenvalue weighted by atomic mass is 9.89. The highest BCUT2D eigenvalue weighted by Crippen LogP contribution is 2.42. The van der Waals surface area contributed by atoms with Crippen molar-refractivity contribution in [3.63, 3.8) is 0 Å². The van der Waals surface area contributed by atoms with E-state index in [9.17, 15) is 9.59 Å². The first-order chi connectivity index (χ1) is 18.6. The van der Waals surface area contributed by atoms with Gasteiger partial charge in [-0.15, -0.1) is 0 Å². The number of aromatic nitrogens is 1. The Morgan fingerprint density at radius 1 is 1.18 bits per heavy atom. The summed E-state index contributed by atoms with van der Waals surface area (Å²) in [5.41, 5.74) is 3.36. The van der Waals surface area contributed by atoms with Crippen LogP contribution in [0, 0.1) is 11.8 Å². The van der Waals surface area contributed by atoms with Crippen LogP contribution in [0.25, 0.3) is 21.5 Å². The number of carbonyl (C=O) groups excluding carboxylic acids is 2. The fourth-order valence-corrected chi connectivity index (χ4v) is 6.03. The Labute approximate surface area is 233 Å². The second-order valence-electron chi connectivity index (χ2n) is 11.2. The summed E-state index contributed by atoms with van der Waals surface area (Å²) < 4.78 is 17.9. The Morgan fingerprint density at radius 2 is 1.92 bits per heavy atom. The van der Waals surface area contributed by atoms with Crippen molar-refractivity contribution in [1.82, 2.24) is 15.2 Å². The average molecular weight is 553 g/mol. The normalized spacial score (nSPS) is 19.0. The number of likely N-dealkylation sites (N-methyl/N-ethyl adjacent to an activating group) is 1. The van der Waals surface area contributed by atoms with Gasteiger partial charge in [0.25, 0.3) is 0 Å². The molecular formula is C29H36N4O5S. The first-order valence-electron chi connectivity index (χ1n) is 13.3. The predicted octanol–water partition coefficient (Wildman–Crippen LogP) is 4.79. The molecule has 0 bridgehead atoms. The molecule has 2 saturated heterocycles. The monoisotopic (exact) mass is 552 g/mol. The van der Waals surface area contributed by atoms with Crippen molar-refractivity contribution in [2.75, 3.05) is 51.8 Å². The Kier molecular flexibility index (Phi) is 7.57. The van der Waals surface area contributed by atoms with Gasteiger partial charge in [0, 0.05) is 44.7 Å². The van der Waals surface area contributed by atoms with Gasteiger partial charge in [-0.25, -0.2) is 9.78 Å². The lowest BCUT2D eigenvalue weighted by Gasteiger charge is -2.24. The maximum absolute atomic E-state index is 12.1. The molecule has 10 heteroatoms. The number of pyridine rings is 1. The molecule has 3 aromatic rings. The van der Waals surface area contributed by atoms with E-state index in [1.54, 1.807) is 25.5 Å². The van der Waals surface area contributed by atoms with Gasteiger partial charge >= 0.3 is 6.09 Å². The minimum absolute atomic E-state index is 0.148. The van der Waals surface area contributed by atoms with Gasteiger partial charge in [-0.2, -0.15) is 0 Å². The smallest absolute Gasteiger partial charge is 0.410 e. The van der Waals surface area contributed by atoms with Gasteiger partial charge in [0.15, 0.2) is 5.06 Å². The minimum Gasteiger partial charge on any atom is -0.492 e. The lowest BCUT2D eigenvalue weighted by Crippen LogP contribution is -2.39. The Bertz CT molecular complexity index is 1350. The number of rotatable bonds is 7. The van der Waals surface area contributed by atoms with Crippen molar-refractivity contribution in [2.45, 2.75) is 32.8 Å². The number of ether oxygens (including phenoxy) is 3. The first-order valence-corrected chi connectivity index (χ1v) is 14.1. The van der Waals surface area contributed by atoms with Gasteiger partial charge in [-0.3, -0.25) is 4.79 Å². The third kappa shape index (κ3) is 6.21. The molecule has 2 unspecified atom stereocenters. The van der Waals surface area contributed by atoms with Crippen LogP contribution < -0.4 is 19.7 Å². The Balaban J connectivity index is 1.31. The number of piperidine rings is 1. The Morgan fingerprint density at radius 3 is 2.64 bits per heavy atom. The summed E-state index contributed by atoms with van der Waals surface area (Å²) in [6.45, 7) is 8.82. The van der Waals surface area contributed by atoms with E-state index in [1.165, 1.54) is 4.90 Å². The molecule has 2 aliphatic rings. The second-order valence-corrected chi connectivity index (χ2v) is 12.2. The zero-order valence-corrected chi connectivity index (χ0v) is 24.0. The maximum Gasteiger partial charge on any atom is 0.410 e. The molecule has 0 radical (unpaired) electrons. The number of nitrogens with zero attached hydrogens (tertiary/aromatic N) is 3. The predicted molar refractivity (Wildman–Crippen MR) is 153 cm³/mol. The molecule has 1 N–H and O–H groups in total. The number of amides is 2. The molecule has 2 amide bonds. The number of anilines is 1. The van der Waals surface area contributed by atoms with Crippen molar-refractivity contribution >= 4 is 39.2 Å². The van der Waals surface area contributed by atoms with E-state index in [4.69, 9.17) is 19.2 Å². The molecule has 1 aromatic carbocycles. The van der Waals surface area contributed by atoms with Crippen LogP contribution in [0.15, 0.2) is 36.4 Å². The summed E-state index contributed by atoms with van der Waals surface area (Å²) in [5.74, 6) is 1.70. The van der Waals surface area contributed by atoms with Crippen LogP contribution in [0.5, 0.6) is 10.8 Å². The van der Waals surface area contributed by atoms with Crippen molar-refractivity contribution < 1.29 is 23.8 Å². The number of methoxy groups -OCH3 is 1. The molecular weight excluding hydrogens is 516 g/mol. The summed E-state index contributed by atoms with van der Waals surface area (Å²) in [6.07, 6.45) is 0.217. The molecule has 9 nitrogen and oxygen atoms in total. The van der Waals surface area contributed by atoms with Gasteiger partial charge in [0.2, 0.25) is 5.91 Å². The second kappa shape index (κ2) is 10.9. The molecule has 5 rings (SSSR count). The summed E-state index contributed by atoms with van der Waals surface area (Å²) >= 11 is 1.60. The number of fused-ring (bicyclic) bond motifs is 2. The fraction of sp³-hybridized carbons (Fsp3) is 0.483. The van der Waals surface area contributed by atoms with E-state index in [0.717, 1.165) is 57.6 Å². The van der Waals surface area contributed by atoms with Crippen molar-refractivity contribution in [3.8, 4) is 22.1 Å². The minimum atomic E-state index is -0.531. The van der Waals surface area contributed by atoms with Gasteiger partial charge in [-0.05, 0) is 62.9 Å². The molecule has 2 atom stereocenters. The van der Waals surface area contributed by atoms with Gasteiger partial charge < -0.3 is 29.3 Å². The third-order valence-electron chi connectivity index (χ3n) is 7.11. The van der Waals surface area contributed by atoms with E-state index < -0.39 is 5.60 Å². The van der Waals surface area contributed by atoms with Crippen molar-refractivity contribution in [1.29, 1.82) is 0 Å². The Hall–Kier alpha value is -3.53. The molecule has 2 aromatic heterocycles. The summed E-state index contributed by atoms with van der Waals surface area (Å²) in [5, 5.41) is 3.84. The first kappa shape index (κ1) is 27.1. The molecule has 2 fully saturated rings. The van der Waals surface area contributed by atoms with Crippen LogP contribution in [0.2, 0.25) is 0 Å².